The second kappa shape index (κ2) is 6.92. The summed E-state index contributed by atoms with van der Waals surface area (Å²) in [4.78, 5) is 4.00. The number of rotatable bonds is 5. The van der Waals surface area contributed by atoms with E-state index in [-0.39, 0.29) is 6.61 Å². The molecule has 1 aromatic heterocycles. The molecule has 0 aliphatic heterocycles. The van der Waals surface area contributed by atoms with Gasteiger partial charge in [0.2, 0.25) is 0 Å². The number of methoxy groups -OCH3 is 1. The number of nitriles is 1. The highest BCUT2D eigenvalue weighted by Crippen LogP contribution is 2.29. The van der Waals surface area contributed by atoms with E-state index in [1.54, 1.807) is 19.4 Å². The molecule has 20 heavy (non-hydrogen) atoms. The first kappa shape index (κ1) is 14.4. The van der Waals surface area contributed by atoms with E-state index in [2.05, 4.69) is 27.0 Å². The summed E-state index contributed by atoms with van der Waals surface area (Å²) < 4.78 is 11.0. The van der Waals surface area contributed by atoms with Crippen LogP contribution in [0.25, 0.3) is 0 Å². The number of halogens is 1. The van der Waals surface area contributed by atoms with E-state index in [0.29, 0.717) is 17.2 Å². The second-order valence-electron chi connectivity index (χ2n) is 4.03. The predicted molar refractivity (Wildman–Crippen MR) is 78.9 cm³/mol. The van der Waals surface area contributed by atoms with Gasteiger partial charge in [-0.3, -0.25) is 0 Å². The van der Waals surface area contributed by atoms with Crippen molar-refractivity contribution >= 4 is 15.9 Å². The van der Waals surface area contributed by atoms with Crippen molar-refractivity contribution in [1.29, 1.82) is 5.26 Å². The van der Waals surface area contributed by atoms with Crippen molar-refractivity contribution < 1.29 is 9.47 Å². The summed E-state index contributed by atoms with van der Waals surface area (Å²) in [5.41, 5.74) is 2.23. The molecule has 1 heterocycles. The molecule has 0 aliphatic carbocycles. The molecule has 0 aliphatic rings. The minimum atomic E-state index is 0.279. The van der Waals surface area contributed by atoms with E-state index < -0.39 is 0 Å². The minimum Gasteiger partial charge on any atom is -0.493 e. The van der Waals surface area contributed by atoms with Gasteiger partial charge in [-0.15, -0.1) is 0 Å². The first-order chi connectivity index (χ1) is 9.78. The fraction of sp³-hybridized carbons (Fsp3) is 0.200. The van der Waals surface area contributed by atoms with E-state index in [9.17, 15) is 0 Å². The van der Waals surface area contributed by atoms with Crippen LogP contribution in [0.15, 0.2) is 36.5 Å². The Labute approximate surface area is 126 Å². The van der Waals surface area contributed by atoms with Crippen LogP contribution in [0.5, 0.6) is 11.5 Å². The van der Waals surface area contributed by atoms with Gasteiger partial charge in [0, 0.05) is 17.1 Å². The number of nitrogens with zero attached hydrogens (tertiary/aromatic N) is 2. The quantitative estimate of drug-likeness (QED) is 0.787. The summed E-state index contributed by atoms with van der Waals surface area (Å²) >= 11 is 3.40. The molecule has 0 saturated carbocycles. The fourth-order valence-electron chi connectivity index (χ4n) is 1.73. The van der Waals surface area contributed by atoms with Gasteiger partial charge in [0.05, 0.1) is 7.11 Å². The van der Waals surface area contributed by atoms with Crippen molar-refractivity contribution in [2.75, 3.05) is 7.11 Å². The summed E-state index contributed by atoms with van der Waals surface area (Å²) in [5.74, 6) is 1.31. The molecular formula is C15H13BrN2O2. The number of ether oxygens (including phenoxy) is 2. The number of benzene rings is 1. The normalized spacial score (nSPS) is 9.85. The van der Waals surface area contributed by atoms with E-state index in [1.807, 2.05) is 24.3 Å². The van der Waals surface area contributed by atoms with Gasteiger partial charge >= 0.3 is 0 Å². The topological polar surface area (TPSA) is 55.1 Å². The zero-order valence-electron chi connectivity index (χ0n) is 11.0. The maximum absolute atomic E-state index is 8.99. The lowest BCUT2D eigenvalue weighted by atomic mass is 10.2. The van der Waals surface area contributed by atoms with Gasteiger partial charge in [0.25, 0.3) is 0 Å². The van der Waals surface area contributed by atoms with Crippen LogP contribution in [0.3, 0.4) is 0 Å². The molecule has 2 aromatic rings. The molecule has 0 radical (unpaired) electrons. The van der Waals surface area contributed by atoms with Gasteiger partial charge in [-0.05, 0) is 23.8 Å². The molecule has 102 valence electrons. The highest BCUT2D eigenvalue weighted by atomic mass is 79.9. The third kappa shape index (κ3) is 3.28. The molecule has 0 saturated heterocycles. The van der Waals surface area contributed by atoms with Crippen LogP contribution in [0.4, 0.5) is 0 Å². The van der Waals surface area contributed by atoms with Crippen LogP contribution in [-0.2, 0) is 11.9 Å². The maximum Gasteiger partial charge on any atom is 0.161 e. The van der Waals surface area contributed by atoms with Gasteiger partial charge in [-0.25, -0.2) is 4.98 Å². The van der Waals surface area contributed by atoms with Crippen molar-refractivity contribution in [3.8, 4) is 17.6 Å². The Morgan fingerprint density at radius 2 is 2.15 bits per heavy atom. The van der Waals surface area contributed by atoms with Crippen molar-refractivity contribution in [2.24, 2.45) is 0 Å². The average molecular weight is 333 g/mol. The zero-order valence-corrected chi connectivity index (χ0v) is 12.6. The Morgan fingerprint density at radius 3 is 2.85 bits per heavy atom. The molecule has 4 nitrogen and oxygen atoms in total. The van der Waals surface area contributed by atoms with Crippen LogP contribution in [0.1, 0.15) is 16.8 Å². The number of hydrogen-bond donors (Lipinski definition) is 0. The molecule has 0 amide bonds. The molecule has 0 N–H and O–H groups in total. The van der Waals surface area contributed by atoms with Gasteiger partial charge in [-0.2, -0.15) is 5.26 Å². The summed E-state index contributed by atoms with van der Waals surface area (Å²) in [6.45, 7) is 0.279. The molecule has 0 atom stereocenters. The lowest BCUT2D eigenvalue weighted by Crippen LogP contribution is -2.01. The number of pyridine rings is 1. The smallest absolute Gasteiger partial charge is 0.161 e. The van der Waals surface area contributed by atoms with Crippen molar-refractivity contribution in [3.63, 3.8) is 0 Å². The molecule has 5 heteroatoms. The standard InChI is InChI=1S/C15H13BrN2O2/c1-19-15-7-11(8-16)4-5-14(15)20-10-12-3-2-6-18-13(12)9-17/h2-7H,8,10H2,1H3. The summed E-state index contributed by atoms with van der Waals surface area (Å²) in [7, 11) is 1.60. The number of hydrogen-bond acceptors (Lipinski definition) is 4. The van der Waals surface area contributed by atoms with E-state index in [1.165, 1.54) is 0 Å². The molecule has 0 unspecified atom stereocenters. The SMILES string of the molecule is COc1cc(CBr)ccc1OCc1cccnc1C#N. The summed E-state index contributed by atoms with van der Waals surface area (Å²) in [6, 6.07) is 11.4. The lowest BCUT2D eigenvalue weighted by Gasteiger charge is -2.12. The van der Waals surface area contributed by atoms with Crippen molar-refractivity contribution in [3.05, 3.63) is 53.3 Å². The van der Waals surface area contributed by atoms with Crippen molar-refractivity contribution in [1.82, 2.24) is 4.98 Å². The van der Waals surface area contributed by atoms with E-state index in [0.717, 1.165) is 16.5 Å². The molecule has 0 fully saturated rings. The second-order valence-corrected chi connectivity index (χ2v) is 4.59. The monoisotopic (exact) mass is 332 g/mol. The Hall–Kier alpha value is -2.06. The molecule has 2 rings (SSSR count). The number of alkyl halides is 1. The highest BCUT2D eigenvalue weighted by Gasteiger charge is 2.08. The van der Waals surface area contributed by atoms with Gasteiger partial charge in [-0.1, -0.05) is 28.1 Å². The highest BCUT2D eigenvalue weighted by molar-refractivity contribution is 9.08. The summed E-state index contributed by atoms with van der Waals surface area (Å²) in [5, 5.41) is 9.74. The first-order valence-electron chi connectivity index (χ1n) is 5.98. The fourth-order valence-corrected chi connectivity index (χ4v) is 2.07. The Kier molecular flexibility index (Phi) is 4.97. The van der Waals surface area contributed by atoms with Gasteiger partial charge in [0.15, 0.2) is 11.5 Å². The third-order valence-corrected chi connectivity index (χ3v) is 3.41. The van der Waals surface area contributed by atoms with Crippen LogP contribution >= 0.6 is 15.9 Å². The average Bonchev–Trinajstić information content (AvgIpc) is 2.52. The molecule has 0 spiro atoms. The Bertz CT molecular complexity index is 638. The minimum absolute atomic E-state index is 0.279. The Balaban J connectivity index is 2.17. The number of aromatic nitrogens is 1. The lowest BCUT2D eigenvalue weighted by molar-refractivity contribution is 0.283. The van der Waals surface area contributed by atoms with Crippen LogP contribution in [0, 0.1) is 11.3 Å². The third-order valence-electron chi connectivity index (χ3n) is 2.76. The maximum atomic E-state index is 8.99. The predicted octanol–water partition coefficient (Wildman–Crippen LogP) is 3.44. The van der Waals surface area contributed by atoms with Crippen LogP contribution < -0.4 is 9.47 Å². The van der Waals surface area contributed by atoms with Crippen molar-refractivity contribution in [2.45, 2.75) is 11.9 Å². The summed E-state index contributed by atoms with van der Waals surface area (Å²) in [6.07, 6.45) is 1.59. The van der Waals surface area contributed by atoms with E-state index >= 15 is 0 Å². The largest absolute Gasteiger partial charge is 0.493 e. The molecule has 0 bridgehead atoms. The van der Waals surface area contributed by atoms with Gasteiger partial charge < -0.3 is 9.47 Å². The zero-order chi connectivity index (χ0) is 14.4. The van der Waals surface area contributed by atoms with Crippen LogP contribution in [-0.4, -0.2) is 12.1 Å². The first-order valence-corrected chi connectivity index (χ1v) is 7.10. The Morgan fingerprint density at radius 1 is 1.30 bits per heavy atom. The molecular weight excluding hydrogens is 320 g/mol. The van der Waals surface area contributed by atoms with E-state index in [4.69, 9.17) is 14.7 Å². The van der Waals surface area contributed by atoms with Gasteiger partial charge in [0.1, 0.15) is 18.4 Å². The molecule has 1 aromatic carbocycles. The van der Waals surface area contributed by atoms with Crippen LogP contribution in [0.2, 0.25) is 0 Å².